The molecule has 1 unspecified atom stereocenters. The van der Waals surface area contributed by atoms with E-state index in [-0.39, 0.29) is 30.0 Å². The fourth-order valence-electron chi connectivity index (χ4n) is 4.02. The maximum atomic E-state index is 5.93. The Morgan fingerprint density at radius 2 is 1.84 bits per heavy atom. The number of para-hydroxylation sites is 1. The third-order valence-corrected chi connectivity index (χ3v) is 5.72. The number of hydrogen-bond donors (Lipinski definition) is 2. The van der Waals surface area contributed by atoms with Gasteiger partial charge in [0, 0.05) is 44.4 Å². The van der Waals surface area contributed by atoms with Gasteiger partial charge in [-0.15, -0.1) is 24.0 Å². The van der Waals surface area contributed by atoms with Crippen molar-refractivity contribution in [2.45, 2.75) is 38.8 Å². The van der Waals surface area contributed by atoms with Crippen LogP contribution in [0.3, 0.4) is 0 Å². The van der Waals surface area contributed by atoms with Crippen LogP contribution >= 0.6 is 24.0 Å². The van der Waals surface area contributed by atoms with E-state index in [0.29, 0.717) is 19.8 Å². The molecule has 1 saturated heterocycles. The van der Waals surface area contributed by atoms with E-state index in [4.69, 9.17) is 9.47 Å². The largest absolute Gasteiger partial charge is 0.490 e. The standard InChI is InChI=1S/C24H32N4O2.HI/c1-18(19-8-5-10-21(16-19)28-12-3-4-13-28)27-24(25-2)26-17-20-9-6-11-22-23(20)30-15-7-14-29-22;/h5-6,8-11,16,18H,3-4,7,12-15,17H2,1-2H3,(H2,25,26,27);1H. The molecule has 7 heteroatoms. The SMILES string of the molecule is CN=C(NCc1cccc2c1OCCCO2)NC(C)c1cccc(N2CCCC2)c1.I. The Morgan fingerprint density at radius 3 is 2.65 bits per heavy atom. The molecule has 0 saturated carbocycles. The average molecular weight is 536 g/mol. The number of ether oxygens (including phenoxy) is 2. The molecule has 2 N–H and O–H groups in total. The van der Waals surface area contributed by atoms with Gasteiger partial charge in [-0.1, -0.05) is 24.3 Å². The van der Waals surface area contributed by atoms with Crippen molar-refractivity contribution in [1.29, 1.82) is 0 Å². The molecular formula is C24H33IN4O2. The third kappa shape index (κ3) is 5.96. The van der Waals surface area contributed by atoms with E-state index in [1.54, 1.807) is 7.05 Å². The summed E-state index contributed by atoms with van der Waals surface area (Å²) in [7, 11) is 1.80. The predicted octanol–water partition coefficient (Wildman–Crippen LogP) is 4.49. The molecule has 0 spiro atoms. The normalized spacial score (nSPS) is 16.8. The van der Waals surface area contributed by atoms with E-state index in [0.717, 1.165) is 42.5 Å². The summed E-state index contributed by atoms with van der Waals surface area (Å²) in [6.07, 6.45) is 3.47. The van der Waals surface area contributed by atoms with Crippen LogP contribution in [0.25, 0.3) is 0 Å². The van der Waals surface area contributed by atoms with Crippen LogP contribution in [-0.4, -0.2) is 39.3 Å². The quantitative estimate of drug-likeness (QED) is 0.335. The van der Waals surface area contributed by atoms with Gasteiger partial charge >= 0.3 is 0 Å². The van der Waals surface area contributed by atoms with Crippen molar-refractivity contribution in [3.05, 3.63) is 53.6 Å². The molecule has 1 fully saturated rings. The molecule has 168 valence electrons. The molecule has 6 nitrogen and oxygen atoms in total. The first-order valence-electron chi connectivity index (χ1n) is 10.9. The molecule has 2 aliphatic heterocycles. The van der Waals surface area contributed by atoms with Gasteiger partial charge < -0.3 is 25.0 Å². The molecule has 0 bridgehead atoms. The van der Waals surface area contributed by atoms with Crippen molar-refractivity contribution in [1.82, 2.24) is 10.6 Å². The average Bonchev–Trinajstić information content (AvgIpc) is 3.21. The molecule has 0 radical (unpaired) electrons. The minimum atomic E-state index is 0. The summed E-state index contributed by atoms with van der Waals surface area (Å²) in [5.74, 6) is 2.42. The van der Waals surface area contributed by atoms with Crippen LogP contribution in [0, 0.1) is 0 Å². The number of halogens is 1. The summed E-state index contributed by atoms with van der Waals surface area (Å²) in [4.78, 5) is 6.88. The molecule has 2 aliphatic rings. The molecular weight excluding hydrogens is 503 g/mol. The summed E-state index contributed by atoms with van der Waals surface area (Å²) in [6, 6.07) is 15.0. The predicted molar refractivity (Wildman–Crippen MR) is 137 cm³/mol. The number of aliphatic imine (C=N–C) groups is 1. The van der Waals surface area contributed by atoms with Crippen molar-refractivity contribution in [3.63, 3.8) is 0 Å². The smallest absolute Gasteiger partial charge is 0.191 e. The Bertz CT molecular complexity index is 884. The van der Waals surface area contributed by atoms with Crippen LogP contribution in [0.4, 0.5) is 5.69 Å². The van der Waals surface area contributed by atoms with Crippen LogP contribution in [0.1, 0.15) is 43.4 Å². The van der Waals surface area contributed by atoms with Gasteiger partial charge in [0.15, 0.2) is 17.5 Å². The number of rotatable bonds is 5. The first-order chi connectivity index (χ1) is 14.7. The first-order valence-corrected chi connectivity index (χ1v) is 10.9. The van der Waals surface area contributed by atoms with Crippen molar-refractivity contribution < 1.29 is 9.47 Å². The first kappa shape index (κ1) is 23.5. The second kappa shape index (κ2) is 11.5. The Kier molecular flexibility index (Phi) is 8.69. The molecule has 0 aromatic heterocycles. The second-order valence-electron chi connectivity index (χ2n) is 7.88. The van der Waals surface area contributed by atoms with Crippen molar-refractivity contribution in [2.24, 2.45) is 4.99 Å². The minimum Gasteiger partial charge on any atom is -0.490 e. The molecule has 2 heterocycles. The number of nitrogens with one attached hydrogen (secondary N) is 2. The highest BCUT2D eigenvalue weighted by molar-refractivity contribution is 14.0. The number of nitrogens with zero attached hydrogens (tertiary/aromatic N) is 2. The topological polar surface area (TPSA) is 58.1 Å². The van der Waals surface area contributed by atoms with E-state index in [2.05, 4.69) is 57.8 Å². The molecule has 4 rings (SSSR count). The lowest BCUT2D eigenvalue weighted by atomic mass is 10.1. The third-order valence-electron chi connectivity index (χ3n) is 5.72. The Morgan fingerprint density at radius 1 is 1.06 bits per heavy atom. The van der Waals surface area contributed by atoms with Crippen LogP contribution in [-0.2, 0) is 6.54 Å². The molecule has 1 atom stereocenters. The fraction of sp³-hybridized carbons (Fsp3) is 0.458. The number of fused-ring (bicyclic) bond motifs is 1. The zero-order chi connectivity index (χ0) is 20.8. The van der Waals surface area contributed by atoms with Gasteiger partial charge in [-0.25, -0.2) is 0 Å². The van der Waals surface area contributed by atoms with E-state index >= 15 is 0 Å². The minimum absolute atomic E-state index is 0. The van der Waals surface area contributed by atoms with Crippen LogP contribution in [0.15, 0.2) is 47.5 Å². The fourth-order valence-corrected chi connectivity index (χ4v) is 4.02. The molecule has 31 heavy (non-hydrogen) atoms. The van der Waals surface area contributed by atoms with E-state index in [9.17, 15) is 0 Å². The zero-order valence-corrected chi connectivity index (χ0v) is 20.7. The molecule has 0 aliphatic carbocycles. The number of anilines is 1. The highest BCUT2D eigenvalue weighted by Gasteiger charge is 2.16. The van der Waals surface area contributed by atoms with Gasteiger partial charge in [0.1, 0.15) is 0 Å². The van der Waals surface area contributed by atoms with E-state index in [1.165, 1.54) is 24.1 Å². The van der Waals surface area contributed by atoms with E-state index in [1.807, 2.05) is 12.1 Å². The number of guanidine groups is 1. The lowest BCUT2D eigenvalue weighted by Crippen LogP contribution is -2.38. The van der Waals surface area contributed by atoms with Gasteiger partial charge in [-0.3, -0.25) is 4.99 Å². The summed E-state index contributed by atoms with van der Waals surface area (Å²) in [6.45, 7) is 6.47. The highest BCUT2D eigenvalue weighted by Crippen LogP contribution is 2.33. The Hall–Kier alpha value is -2.16. The molecule has 2 aromatic rings. The Balaban J connectivity index is 0.00000272. The maximum Gasteiger partial charge on any atom is 0.191 e. The summed E-state index contributed by atoms with van der Waals surface area (Å²) < 4.78 is 11.7. The van der Waals surface area contributed by atoms with Crippen molar-refractivity contribution in [3.8, 4) is 11.5 Å². The van der Waals surface area contributed by atoms with Gasteiger partial charge in [-0.2, -0.15) is 0 Å². The van der Waals surface area contributed by atoms with Gasteiger partial charge in [0.05, 0.1) is 19.3 Å². The Labute approximate surface area is 202 Å². The van der Waals surface area contributed by atoms with Crippen molar-refractivity contribution >= 4 is 35.6 Å². The lowest BCUT2D eigenvalue weighted by Gasteiger charge is -2.22. The summed E-state index contributed by atoms with van der Waals surface area (Å²) in [5, 5.41) is 6.93. The highest BCUT2D eigenvalue weighted by atomic mass is 127. The van der Waals surface area contributed by atoms with Gasteiger partial charge in [-0.05, 0) is 43.5 Å². The number of benzene rings is 2. The van der Waals surface area contributed by atoms with Crippen molar-refractivity contribution in [2.75, 3.05) is 38.3 Å². The van der Waals surface area contributed by atoms with Crippen LogP contribution in [0.2, 0.25) is 0 Å². The number of hydrogen-bond acceptors (Lipinski definition) is 4. The summed E-state index contributed by atoms with van der Waals surface area (Å²) >= 11 is 0. The summed E-state index contributed by atoms with van der Waals surface area (Å²) in [5.41, 5.74) is 3.64. The molecule has 2 aromatic carbocycles. The zero-order valence-electron chi connectivity index (χ0n) is 18.4. The van der Waals surface area contributed by atoms with Crippen LogP contribution in [0.5, 0.6) is 11.5 Å². The van der Waals surface area contributed by atoms with Gasteiger partial charge in [0.25, 0.3) is 0 Å². The lowest BCUT2D eigenvalue weighted by molar-refractivity contribution is 0.296. The monoisotopic (exact) mass is 536 g/mol. The molecule has 0 amide bonds. The maximum absolute atomic E-state index is 5.93. The van der Waals surface area contributed by atoms with Gasteiger partial charge in [0.2, 0.25) is 0 Å². The van der Waals surface area contributed by atoms with Crippen LogP contribution < -0.4 is 25.0 Å². The van der Waals surface area contributed by atoms with E-state index < -0.39 is 0 Å². The second-order valence-corrected chi connectivity index (χ2v) is 7.88.